The van der Waals surface area contributed by atoms with Crippen LogP contribution in [0, 0.1) is 0 Å². The highest BCUT2D eigenvalue weighted by atomic mass is 16.5. The zero-order valence-corrected chi connectivity index (χ0v) is 12.3. The number of hydrogen-bond donors (Lipinski definition) is 1. The summed E-state index contributed by atoms with van der Waals surface area (Å²) in [5.74, 6) is 1.33. The summed E-state index contributed by atoms with van der Waals surface area (Å²) in [4.78, 5) is 4.37. The Labute approximate surface area is 114 Å². The highest BCUT2D eigenvalue weighted by Gasteiger charge is 2.15. The van der Waals surface area contributed by atoms with Crippen LogP contribution in [0.4, 0.5) is 0 Å². The molecule has 1 aromatic heterocycles. The summed E-state index contributed by atoms with van der Waals surface area (Å²) >= 11 is 0. The Morgan fingerprint density at radius 2 is 2.11 bits per heavy atom. The summed E-state index contributed by atoms with van der Waals surface area (Å²) in [6.45, 7) is 5.70. The van der Waals surface area contributed by atoms with Crippen molar-refractivity contribution in [3.05, 3.63) is 11.7 Å². The monoisotopic (exact) mass is 271 g/mol. The molecule has 0 spiro atoms. The van der Waals surface area contributed by atoms with Gasteiger partial charge in [0.1, 0.15) is 0 Å². The Kier molecular flexibility index (Phi) is 7.62. The van der Waals surface area contributed by atoms with Gasteiger partial charge in [-0.15, -0.1) is 0 Å². The van der Waals surface area contributed by atoms with Gasteiger partial charge >= 0.3 is 0 Å². The smallest absolute Gasteiger partial charge is 0.228 e. The molecule has 1 rings (SSSR count). The van der Waals surface area contributed by atoms with E-state index in [4.69, 9.17) is 14.0 Å². The fourth-order valence-electron chi connectivity index (χ4n) is 1.75. The topological polar surface area (TPSA) is 69.4 Å². The molecule has 0 aliphatic rings. The van der Waals surface area contributed by atoms with Crippen molar-refractivity contribution in [3.63, 3.8) is 0 Å². The van der Waals surface area contributed by atoms with Crippen LogP contribution in [0.1, 0.15) is 32.0 Å². The lowest BCUT2D eigenvalue weighted by Gasteiger charge is -2.15. The van der Waals surface area contributed by atoms with Gasteiger partial charge in [-0.05, 0) is 19.9 Å². The SMILES string of the molecule is CCCNC(COC)Cc1nc(CC(C)OC)no1. The number of methoxy groups -OCH3 is 2. The molecule has 2 unspecified atom stereocenters. The molecule has 0 aromatic carbocycles. The van der Waals surface area contributed by atoms with Crippen molar-refractivity contribution in [2.75, 3.05) is 27.4 Å². The lowest BCUT2D eigenvalue weighted by atomic mass is 10.2. The van der Waals surface area contributed by atoms with E-state index in [1.807, 2.05) is 6.92 Å². The first-order valence-corrected chi connectivity index (χ1v) is 6.76. The standard InChI is InChI=1S/C13H25N3O3/c1-5-6-14-11(9-17-3)8-13-15-12(16-19-13)7-10(2)18-4/h10-11,14H,5-9H2,1-4H3. The van der Waals surface area contributed by atoms with Gasteiger partial charge in [-0.2, -0.15) is 4.98 Å². The highest BCUT2D eigenvalue weighted by Crippen LogP contribution is 2.05. The van der Waals surface area contributed by atoms with Crippen LogP contribution < -0.4 is 5.32 Å². The van der Waals surface area contributed by atoms with Gasteiger partial charge in [-0.3, -0.25) is 0 Å². The average Bonchev–Trinajstić information content (AvgIpc) is 2.83. The largest absolute Gasteiger partial charge is 0.383 e. The molecule has 0 bridgehead atoms. The lowest BCUT2D eigenvalue weighted by Crippen LogP contribution is -2.35. The van der Waals surface area contributed by atoms with E-state index >= 15 is 0 Å². The minimum absolute atomic E-state index is 0.0958. The molecule has 6 heteroatoms. The Hall–Kier alpha value is -0.980. The second-order valence-corrected chi connectivity index (χ2v) is 4.67. The van der Waals surface area contributed by atoms with Crippen LogP contribution in [-0.4, -0.2) is 49.7 Å². The van der Waals surface area contributed by atoms with E-state index in [9.17, 15) is 0 Å². The van der Waals surface area contributed by atoms with Crippen LogP contribution in [-0.2, 0) is 22.3 Å². The number of ether oxygens (including phenoxy) is 2. The van der Waals surface area contributed by atoms with Crippen molar-refractivity contribution >= 4 is 0 Å². The molecule has 0 fully saturated rings. The maximum Gasteiger partial charge on any atom is 0.228 e. The molecule has 1 heterocycles. The minimum Gasteiger partial charge on any atom is -0.383 e. The molecule has 0 radical (unpaired) electrons. The Morgan fingerprint density at radius 1 is 1.32 bits per heavy atom. The second kappa shape index (κ2) is 9.01. The summed E-state index contributed by atoms with van der Waals surface area (Å²) in [5.41, 5.74) is 0. The summed E-state index contributed by atoms with van der Waals surface area (Å²) in [6, 6.07) is 0.207. The maximum absolute atomic E-state index is 5.25. The van der Waals surface area contributed by atoms with E-state index in [-0.39, 0.29) is 12.1 Å². The third-order valence-corrected chi connectivity index (χ3v) is 2.85. The maximum atomic E-state index is 5.25. The fourth-order valence-corrected chi connectivity index (χ4v) is 1.75. The summed E-state index contributed by atoms with van der Waals surface area (Å²) in [5, 5.41) is 7.37. The summed E-state index contributed by atoms with van der Waals surface area (Å²) in [7, 11) is 3.37. The van der Waals surface area contributed by atoms with Crippen LogP contribution >= 0.6 is 0 Å². The van der Waals surface area contributed by atoms with E-state index < -0.39 is 0 Å². The Morgan fingerprint density at radius 3 is 2.74 bits per heavy atom. The normalized spacial score (nSPS) is 14.5. The van der Waals surface area contributed by atoms with Gasteiger partial charge in [0.25, 0.3) is 0 Å². The predicted molar refractivity (Wildman–Crippen MR) is 72.1 cm³/mol. The molecule has 6 nitrogen and oxygen atoms in total. The van der Waals surface area contributed by atoms with Crippen molar-refractivity contribution in [2.24, 2.45) is 0 Å². The van der Waals surface area contributed by atoms with Crippen LogP contribution in [0.25, 0.3) is 0 Å². The highest BCUT2D eigenvalue weighted by molar-refractivity contribution is 4.91. The van der Waals surface area contributed by atoms with Crippen LogP contribution in [0.3, 0.4) is 0 Å². The first-order chi connectivity index (χ1) is 9.19. The number of hydrogen-bond acceptors (Lipinski definition) is 6. The number of nitrogens with one attached hydrogen (secondary N) is 1. The zero-order chi connectivity index (χ0) is 14.1. The second-order valence-electron chi connectivity index (χ2n) is 4.67. The fraction of sp³-hybridized carbons (Fsp3) is 0.846. The van der Waals surface area contributed by atoms with Gasteiger partial charge in [0, 0.05) is 33.1 Å². The van der Waals surface area contributed by atoms with Gasteiger partial charge in [0.05, 0.1) is 12.7 Å². The minimum atomic E-state index is 0.0958. The van der Waals surface area contributed by atoms with Gasteiger partial charge in [0.15, 0.2) is 5.82 Å². The average molecular weight is 271 g/mol. The molecule has 19 heavy (non-hydrogen) atoms. The molecule has 0 aliphatic heterocycles. The first-order valence-electron chi connectivity index (χ1n) is 6.76. The van der Waals surface area contributed by atoms with E-state index in [1.165, 1.54) is 0 Å². The predicted octanol–water partition coefficient (Wildman–Crippen LogP) is 1.20. The molecular weight excluding hydrogens is 246 g/mol. The molecule has 1 aromatic rings. The number of aromatic nitrogens is 2. The lowest BCUT2D eigenvalue weighted by molar-refractivity contribution is 0.116. The van der Waals surface area contributed by atoms with Crippen molar-refractivity contribution in [2.45, 2.75) is 45.3 Å². The third kappa shape index (κ3) is 6.13. The quantitative estimate of drug-likeness (QED) is 0.689. The van der Waals surface area contributed by atoms with E-state index in [1.54, 1.807) is 14.2 Å². The van der Waals surface area contributed by atoms with Gasteiger partial charge in [-0.25, -0.2) is 0 Å². The van der Waals surface area contributed by atoms with Gasteiger partial charge < -0.3 is 19.3 Å². The first kappa shape index (κ1) is 16.1. The van der Waals surface area contributed by atoms with Crippen LogP contribution in [0.2, 0.25) is 0 Å². The van der Waals surface area contributed by atoms with E-state index in [0.29, 0.717) is 31.2 Å². The molecule has 1 N–H and O–H groups in total. The molecular formula is C13H25N3O3. The summed E-state index contributed by atoms with van der Waals surface area (Å²) in [6.07, 6.45) is 2.53. The number of nitrogens with zero attached hydrogens (tertiary/aromatic N) is 2. The molecule has 2 atom stereocenters. The van der Waals surface area contributed by atoms with Gasteiger partial charge in [0.2, 0.25) is 5.89 Å². The van der Waals surface area contributed by atoms with Gasteiger partial charge in [-0.1, -0.05) is 12.1 Å². The third-order valence-electron chi connectivity index (χ3n) is 2.85. The Bertz CT molecular complexity index is 344. The van der Waals surface area contributed by atoms with Crippen molar-refractivity contribution < 1.29 is 14.0 Å². The molecule has 0 amide bonds. The van der Waals surface area contributed by atoms with Crippen molar-refractivity contribution in [1.82, 2.24) is 15.5 Å². The zero-order valence-electron chi connectivity index (χ0n) is 12.3. The molecule has 0 aliphatic carbocycles. The van der Waals surface area contributed by atoms with Crippen LogP contribution in [0.5, 0.6) is 0 Å². The Balaban J connectivity index is 2.49. The number of rotatable bonds is 10. The van der Waals surface area contributed by atoms with E-state index in [0.717, 1.165) is 13.0 Å². The van der Waals surface area contributed by atoms with Crippen LogP contribution in [0.15, 0.2) is 4.52 Å². The molecule has 110 valence electrons. The van der Waals surface area contributed by atoms with Crippen molar-refractivity contribution in [1.29, 1.82) is 0 Å². The van der Waals surface area contributed by atoms with Crippen molar-refractivity contribution in [3.8, 4) is 0 Å². The summed E-state index contributed by atoms with van der Waals surface area (Å²) < 4.78 is 15.6. The molecule has 0 saturated carbocycles. The van der Waals surface area contributed by atoms with E-state index in [2.05, 4.69) is 22.4 Å². The molecule has 0 saturated heterocycles.